The normalized spacial score (nSPS) is 11.0. The van der Waals surface area contributed by atoms with Crippen molar-refractivity contribution in [3.8, 4) is 5.75 Å². The number of anilines is 1. The van der Waals surface area contributed by atoms with Crippen molar-refractivity contribution in [2.24, 2.45) is 0 Å². The van der Waals surface area contributed by atoms with E-state index in [1.165, 1.54) is 16.3 Å². The number of carbonyl (C=O) groups is 1. The van der Waals surface area contributed by atoms with E-state index in [-0.39, 0.29) is 23.0 Å². The predicted octanol–water partition coefficient (Wildman–Crippen LogP) is 2.76. The van der Waals surface area contributed by atoms with Crippen molar-refractivity contribution in [1.82, 2.24) is 24.8 Å². The minimum atomic E-state index is -0.329. The highest BCUT2D eigenvalue weighted by Gasteiger charge is 2.15. The number of aromatic nitrogens is 5. The van der Waals surface area contributed by atoms with Gasteiger partial charge in [-0.3, -0.25) is 14.6 Å². The van der Waals surface area contributed by atoms with Gasteiger partial charge < -0.3 is 10.1 Å². The van der Waals surface area contributed by atoms with Crippen LogP contribution in [0.15, 0.2) is 52.4 Å². The van der Waals surface area contributed by atoms with E-state index in [0.717, 1.165) is 28.1 Å². The highest BCUT2D eigenvalue weighted by Crippen LogP contribution is 2.21. The maximum Gasteiger partial charge on any atom is 0.274 e. The Morgan fingerprint density at radius 3 is 2.53 bits per heavy atom. The smallest absolute Gasteiger partial charge is 0.274 e. The largest absolute Gasteiger partial charge is 0.497 e. The lowest BCUT2D eigenvalue weighted by atomic mass is 10.1. The molecule has 0 aliphatic carbocycles. The number of methoxy groups -OCH3 is 1. The molecule has 2 N–H and O–H groups in total. The molecule has 2 heterocycles. The van der Waals surface area contributed by atoms with Crippen LogP contribution in [-0.2, 0) is 11.2 Å². The average Bonchev–Trinajstić information content (AvgIpc) is 3.17. The van der Waals surface area contributed by atoms with E-state index in [1.807, 2.05) is 56.3 Å². The molecule has 2 aromatic heterocycles. The molecule has 2 aromatic carbocycles. The summed E-state index contributed by atoms with van der Waals surface area (Å²) in [6, 6.07) is 13.3. The maximum atomic E-state index is 12.5. The summed E-state index contributed by atoms with van der Waals surface area (Å²) >= 11 is 1.20. The van der Waals surface area contributed by atoms with Crippen molar-refractivity contribution in [2.75, 3.05) is 18.2 Å². The van der Waals surface area contributed by atoms with E-state index in [4.69, 9.17) is 4.74 Å². The van der Waals surface area contributed by atoms with Crippen LogP contribution in [0.5, 0.6) is 5.75 Å². The van der Waals surface area contributed by atoms with Gasteiger partial charge in [0.1, 0.15) is 11.4 Å². The molecule has 164 valence electrons. The molecular weight excluding hydrogens is 428 g/mol. The maximum absolute atomic E-state index is 12.5. The Kier molecular flexibility index (Phi) is 6.22. The Morgan fingerprint density at radius 1 is 1.12 bits per heavy atom. The number of hydrogen-bond acceptors (Lipinski definition) is 7. The fraction of sp³-hybridized carbons (Fsp3) is 0.227. The summed E-state index contributed by atoms with van der Waals surface area (Å²) in [6.07, 6.45) is 0.338. The molecule has 0 fully saturated rings. The molecule has 0 unspecified atom stereocenters. The fourth-order valence-corrected chi connectivity index (χ4v) is 3.91. The molecule has 4 aromatic rings. The molecule has 0 aliphatic rings. The second-order valence-electron chi connectivity index (χ2n) is 7.25. The first-order valence-electron chi connectivity index (χ1n) is 9.91. The first-order chi connectivity index (χ1) is 15.4. The Morgan fingerprint density at radius 2 is 1.84 bits per heavy atom. The monoisotopic (exact) mass is 450 g/mol. The number of nitrogens with zero attached hydrogens (tertiary/aromatic N) is 4. The summed E-state index contributed by atoms with van der Waals surface area (Å²) < 4.78 is 6.62. The second kappa shape index (κ2) is 9.23. The van der Waals surface area contributed by atoms with Crippen LogP contribution >= 0.6 is 11.8 Å². The van der Waals surface area contributed by atoms with E-state index in [2.05, 4.69) is 25.6 Å². The quantitative estimate of drug-likeness (QED) is 0.416. The van der Waals surface area contributed by atoms with Gasteiger partial charge in [0.05, 0.1) is 12.9 Å². The van der Waals surface area contributed by atoms with Gasteiger partial charge in [0, 0.05) is 12.1 Å². The molecule has 0 bridgehead atoms. The number of rotatable bonds is 7. The number of nitrogens with one attached hydrogen (secondary N) is 2. The molecule has 10 heteroatoms. The van der Waals surface area contributed by atoms with Crippen molar-refractivity contribution in [3.05, 3.63) is 75.2 Å². The zero-order chi connectivity index (χ0) is 22.7. The first-order valence-corrected chi connectivity index (χ1v) is 10.9. The molecule has 0 radical (unpaired) electrons. The highest BCUT2D eigenvalue weighted by atomic mass is 32.2. The van der Waals surface area contributed by atoms with Gasteiger partial charge in [-0.15, -0.1) is 10.2 Å². The number of thioether (sulfide) groups is 1. The van der Waals surface area contributed by atoms with Crippen LogP contribution in [-0.4, -0.2) is 43.6 Å². The zero-order valence-electron chi connectivity index (χ0n) is 17.9. The third kappa shape index (κ3) is 4.65. The number of aryl methyl sites for hydroxylation is 2. The predicted molar refractivity (Wildman–Crippen MR) is 122 cm³/mol. The van der Waals surface area contributed by atoms with E-state index >= 15 is 0 Å². The lowest BCUT2D eigenvalue weighted by Crippen LogP contribution is -2.19. The van der Waals surface area contributed by atoms with Crippen LogP contribution in [0.1, 0.15) is 22.4 Å². The summed E-state index contributed by atoms with van der Waals surface area (Å²) in [4.78, 5) is 27.6. The molecule has 0 aliphatic heterocycles. The van der Waals surface area contributed by atoms with E-state index in [0.29, 0.717) is 17.3 Å². The number of H-pyrrole nitrogens is 1. The van der Waals surface area contributed by atoms with E-state index in [9.17, 15) is 9.59 Å². The zero-order valence-corrected chi connectivity index (χ0v) is 18.7. The van der Waals surface area contributed by atoms with Gasteiger partial charge >= 0.3 is 0 Å². The van der Waals surface area contributed by atoms with Crippen molar-refractivity contribution in [3.63, 3.8) is 0 Å². The van der Waals surface area contributed by atoms with Gasteiger partial charge in [0.15, 0.2) is 0 Å². The minimum absolute atomic E-state index is 0.128. The Balaban J connectivity index is 1.50. The molecule has 1 amide bonds. The summed E-state index contributed by atoms with van der Waals surface area (Å²) in [5.74, 6) is 0.935. The number of aromatic amines is 1. The Bertz CT molecular complexity index is 1310. The third-order valence-corrected chi connectivity index (χ3v) is 5.85. The summed E-state index contributed by atoms with van der Waals surface area (Å²) in [5, 5.41) is 15.8. The first kappa shape index (κ1) is 21.6. The molecule has 9 nitrogen and oxygen atoms in total. The van der Waals surface area contributed by atoms with Gasteiger partial charge in [-0.2, -0.15) is 9.61 Å². The highest BCUT2D eigenvalue weighted by molar-refractivity contribution is 7.99. The van der Waals surface area contributed by atoms with Crippen LogP contribution in [0, 0.1) is 13.8 Å². The van der Waals surface area contributed by atoms with Crippen LogP contribution in [0.4, 0.5) is 5.69 Å². The molecular formula is C22H22N6O3S. The van der Waals surface area contributed by atoms with Gasteiger partial charge in [0.2, 0.25) is 11.1 Å². The molecule has 0 saturated carbocycles. The van der Waals surface area contributed by atoms with Crippen LogP contribution < -0.4 is 15.6 Å². The number of benzene rings is 2. The summed E-state index contributed by atoms with van der Waals surface area (Å²) in [5.41, 5.74) is 3.72. The van der Waals surface area contributed by atoms with Crippen LogP contribution in [0.25, 0.3) is 5.78 Å². The Labute approximate surface area is 188 Å². The lowest BCUT2D eigenvalue weighted by Gasteiger charge is -2.10. The number of amides is 1. The second-order valence-corrected chi connectivity index (χ2v) is 8.19. The topological polar surface area (TPSA) is 114 Å². The number of hydrogen-bond donors (Lipinski definition) is 2. The van der Waals surface area contributed by atoms with Crippen LogP contribution in [0.3, 0.4) is 0 Å². The molecule has 0 spiro atoms. The lowest BCUT2D eigenvalue weighted by molar-refractivity contribution is -0.113. The third-order valence-electron chi connectivity index (χ3n) is 4.93. The number of carbonyl (C=O) groups excluding carboxylic acids is 1. The minimum Gasteiger partial charge on any atom is -0.497 e. The van der Waals surface area contributed by atoms with Gasteiger partial charge in [-0.1, -0.05) is 42.1 Å². The molecule has 4 rings (SSSR count). The van der Waals surface area contributed by atoms with Gasteiger partial charge in [0.25, 0.3) is 11.3 Å². The standard InChI is InChI=1S/C22H22N6O3S/c1-13-5-4-6-14(2)19(13)23-18(29)12-32-22-26-25-21-24-20(30)17(27-28(21)22)11-15-7-9-16(31-3)10-8-15/h4-10H,11-12H2,1-3H3,(H,23,29)(H,24,25,30). The number of para-hydroxylation sites is 1. The number of fused-ring (bicyclic) bond motifs is 1. The Hall–Kier alpha value is -3.66. The van der Waals surface area contributed by atoms with Crippen molar-refractivity contribution >= 4 is 29.1 Å². The fourth-order valence-electron chi connectivity index (χ4n) is 3.23. The summed E-state index contributed by atoms with van der Waals surface area (Å²) in [7, 11) is 1.60. The molecule has 32 heavy (non-hydrogen) atoms. The number of ether oxygens (including phenoxy) is 1. The van der Waals surface area contributed by atoms with Crippen molar-refractivity contribution < 1.29 is 9.53 Å². The van der Waals surface area contributed by atoms with Crippen molar-refractivity contribution in [1.29, 1.82) is 0 Å². The SMILES string of the molecule is COc1ccc(Cc2nn3c(SCC(=O)Nc4c(C)cccc4C)nnc3[nH]c2=O)cc1. The molecule has 0 atom stereocenters. The summed E-state index contributed by atoms with van der Waals surface area (Å²) in [6.45, 7) is 3.90. The molecule has 0 saturated heterocycles. The average molecular weight is 451 g/mol. The van der Waals surface area contributed by atoms with Crippen molar-refractivity contribution in [2.45, 2.75) is 25.4 Å². The van der Waals surface area contributed by atoms with Gasteiger partial charge in [-0.05, 0) is 42.7 Å². The van der Waals surface area contributed by atoms with Gasteiger partial charge in [-0.25, -0.2) is 0 Å². The van der Waals surface area contributed by atoms with E-state index in [1.54, 1.807) is 7.11 Å². The van der Waals surface area contributed by atoms with Crippen LogP contribution in [0.2, 0.25) is 0 Å². The van der Waals surface area contributed by atoms with E-state index < -0.39 is 0 Å².